The molecule has 81 heavy (non-hydrogen) atoms. The number of anilines is 4. The average Bonchev–Trinajstić information content (AvgIpc) is 3.29. The van der Waals surface area contributed by atoms with Crippen LogP contribution in [-0.2, 0) is 79.2 Å². The van der Waals surface area contributed by atoms with Crippen molar-refractivity contribution in [3.05, 3.63) is 90.5 Å². The van der Waals surface area contributed by atoms with E-state index in [9.17, 15) is 82.2 Å². The van der Waals surface area contributed by atoms with Crippen LogP contribution < -0.4 is 173 Å². The molecule has 0 atom stereocenters. The Balaban J connectivity index is 0.00000656. The second-order valence-corrected chi connectivity index (χ2v) is 25.3. The summed E-state index contributed by atoms with van der Waals surface area (Å²) in [7, 11) is -34.8. The fourth-order valence-electron chi connectivity index (χ4n) is 6.65. The summed E-state index contributed by atoms with van der Waals surface area (Å²) < 4.78 is 242. The third-order valence-electron chi connectivity index (χ3n) is 9.92. The van der Waals surface area contributed by atoms with Crippen LogP contribution in [0.25, 0.3) is 10.8 Å². The molecule has 0 amide bonds. The van der Waals surface area contributed by atoms with E-state index in [1.54, 1.807) is 0 Å². The van der Waals surface area contributed by atoms with Crippen molar-refractivity contribution in [3.63, 3.8) is 0 Å². The fraction of sp³-hybridized carbons (Fsp3) is 0.184. The molecule has 1 heterocycles. The summed E-state index contributed by atoms with van der Waals surface area (Å²) in [5.74, 6) is -4.37. The van der Waals surface area contributed by atoms with Crippen molar-refractivity contribution in [2.24, 2.45) is 15.2 Å². The average molecular weight is 1310 g/mol. The Hall–Kier alpha value is -1.66. The summed E-state index contributed by atoms with van der Waals surface area (Å²) in [4.78, 5) is 11.8. The predicted octanol–water partition coefficient (Wildman–Crippen LogP) is -13.8. The Morgan fingerprint density at radius 1 is 0.642 bits per heavy atom. The number of H-pyrrole nitrogens is 1. The van der Waals surface area contributed by atoms with E-state index in [1.807, 2.05) is 0 Å². The van der Waals surface area contributed by atoms with Gasteiger partial charge in [-0.1, -0.05) is 17.9 Å². The molecule has 6 rings (SSSR count). The molecular weight excluding hydrogens is 1280 g/mol. The van der Waals surface area contributed by atoms with Gasteiger partial charge in [-0.05, 0) is 85.1 Å². The van der Waals surface area contributed by atoms with Crippen LogP contribution in [0.15, 0.2) is 125 Å². The van der Waals surface area contributed by atoms with Crippen LogP contribution in [0, 0.1) is 0 Å². The summed E-state index contributed by atoms with van der Waals surface area (Å²) >= 11 is 0. The standard InChI is InChI=1S/C38H38N8O23S7.5Na/c1-3-46(23-5-4-6-26(19-23)71(50,51)18-16-69-76(64,65)66)38-42-36(39-22-7-10-25(11-8-22)70(48,49)17-15-68-75(61,62)63)41-37(43-38)40-30-14-12-27-28(35(30)74(58,59)60)21-32(73(55,56)57)33(34(27)47)45-44-29-13-9-24(67-2)20-31(29)72(52,53)54;;;;;/h4-14,19-21,47H,3,15-18H2,1-2H3,(H,52,53,54)(H,55,56,57)(H,58,59,60)(H,61,62,63)(H,64,65,66)(H2,39,40,41,42,43);;;;;/q;5*+1/p-5. The minimum Gasteiger partial charge on any atom is -0.871 e. The number of rotatable bonds is 22. The van der Waals surface area contributed by atoms with E-state index >= 15 is 0 Å². The maximum Gasteiger partial charge on any atom is 1.00 e. The summed E-state index contributed by atoms with van der Waals surface area (Å²) in [6, 6.07) is 13.9. The quantitative estimate of drug-likeness (QED) is 0.0246. The van der Waals surface area contributed by atoms with E-state index < -0.39 is 160 Å². The molecule has 0 radical (unpaired) electrons. The number of hydrogen-bond acceptors (Lipinski definition) is 29. The number of ether oxygens (including phenoxy) is 1. The molecule has 0 spiro atoms. The van der Waals surface area contributed by atoms with Gasteiger partial charge >= 0.3 is 158 Å². The molecule has 0 bridgehead atoms. The van der Waals surface area contributed by atoms with Crippen LogP contribution >= 0.6 is 0 Å². The molecule has 0 aliphatic heterocycles. The van der Waals surface area contributed by atoms with Crippen LogP contribution in [-0.4, -0.2) is 135 Å². The monoisotopic (exact) mass is 1310 g/mol. The second-order valence-electron chi connectivity index (χ2n) is 14.9. The first-order valence-corrected chi connectivity index (χ1v) is 30.6. The molecule has 0 saturated carbocycles. The molecular formula is C38H33N8Na5O23S7. The minimum atomic E-state index is -5.90. The van der Waals surface area contributed by atoms with Crippen LogP contribution in [0.3, 0.4) is 0 Å². The zero-order valence-corrected chi connectivity index (χ0v) is 58.8. The van der Waals surface area contributed by atoms with Gasteiger partial charge in [0.1, 0.15) is 41.8 Å². The fourth-order valence-corrected chi connectivity index (χ4v) is 11.7. The van der Waals surface area contributed by atoms with Gasteiger partial charge in [-0.15, -0.1) is 10.2 Å². The number of nitrogens with zero attached hydrogens (tertiary/aromatic N) is 6. The summed E-state index contributed by atoms with van der Waals surface area (Å²) in [6.07, 6.45) is 0. The SMILES string of the molecule is CCN(c1cccc(S(=O)(=O)CCOS(=O)(=O)O)c1)c1nc(Nc2ccc(S(=O)(=O)CCOS(=O)(=O)[O-])cc2)nc(=Nc2ccc3c([O-])c(N=Nc4ccc(OC)cc4S(=O)(=O)[O-])c(S(=O)(=O)[O-])cc3c2S(=O)(=O)[O-])[nH]1.[Na+].[Na+].[Na+].[Na+].[Na+]. The third-order valence-corrected chi connectivity index (χ3v) is 16.9. The number of hydrogen-bond donors (Lipinski definition) is 3. The molecule has 31 nitrogen and oxygen atoms in total. The molecule has 6 aromatic rings. The van der Waals surface area contributed by atoms with Gasteiger partial charge in [0.15, 0.2) is 19.7 Å². The number of aromatic nitrogens is 3. The van der Waals surface area contributed by atoms with Crippen LogP contribution in [0.1, 0.15) is 6.92 Å². The Morgan fingerprint density at radius 3 is 1.77 bits per heavy atom. The molecule has 410 valence electrons. The molecule has 43 heteroatoms. The van der Waals surface area contributed by atoms with Crippen molar-refractivity contribution in [2.75, 3.05) is 48.6 Å². The Morgan fingerprint density at radius 2 is 1.22 bits per heavy atom. The molecule has 0 saturated heterocycles. The van der Waals surface area contributed by atoms with Gasteiger partial charge in [-0.2, -0.15) is 18.4 Å². The normalized spacial score (nSPS) is 12.5. The second kappa shape index (κ2) is 30.8. The van der Waals surface area contributed by atoms with Gasteiger partial charge in [0.05, 0.1) is 67.7 Å². The van der Waals surface area contributed by atoms with E-state index in [4.69, 9.17) is 9.29 Å². The van der Waals surface area contributed by atoms with E-state index in [-0.39, 0.29) is 188 Å². The number of aromatic amines is 1. The van der Waals surface area contributed by atoms with Crippen molar-refractivity contribution < 1.29 is 248 Å². The smallest absolute Gasteiger partial charge is 0.871 e. The topological polar surface area (TPSA) is 496 Å². The zero-order chi connectivity index (χ0) is 56.4. The first-order valence-electron chi connectivity index (χ1n) is 20.3. The molecule has 3 N–H and O–H groups in total. The van der Waals surface area contributed by atoms with Gasteiger partial charge in [0.25, 0.3) is 0 Å². The third kappa shape index (κ3) is 21.0. The first-order chi connectivity index (χ1) is 35.1. The Labute approximate surface area is 573 Å². The van der Waals surface area contributed by atoms with E-state index in [0.717, 1.165) is 73.8 Å². The van der Waals surface area contributed by atoms with Crippen molar-refractivity contribution in [3.8, 4) is 11.5 Å². The Bertz CT molecular complexity index is 4230. The first kappa shape index (κ1) is 77.4. The van der Waals surface area contributed by atoms with Crippen molar-refractivity contribution in [1.29, 1.82) is 0 Å². The largest absolute Gasteiger partial charge is 1.00 e. The minimum absolute atomic E-state index is 0. The van der Waals surface area contributed by atoms with E-state index in [0.29, 0.717) is 0 Å². The van der Waals surface area contributed by atoms with E-state index in [1.165, 1.54) is 24.0 Å². The van der Waals surface area contributed by atoms with Gasteiger partial charge < -0.3 is 38.3 Å². The van der Waals surface area contributed by atoms with Gasteiger partial charge in [0, 0.05) is 23.3 Å². The van der Waals surface area contributed by atoms with Gasteiger partial charge in [0.2, 0.25) is 27.9 Å². The number of fused-ring (bicyclic) bond motifs is 1. The maximum atomic E-state index is 13.9. The molecule has 0 aliphatic carbocycles. The summed E-state index contributed by atoms with van der Waals surface area (Å²) in [5, 5.41) is 21.8. The van der Waals surface area contributed by atoms with Crippen molar-refractivity contribution >= 4 is 122 Å². The Kier molecular flexibility index (Phi) is 29.4. The number of benzene rings is 5. The molecule has 0 aliphatic rings. The number of sulfone groups is 2. The van der Waals surface area contributed by atoms with Gasteiger partial charge in [-0.3, -0.25) is 13.7 Å². The van der Waals surface area contributed by atoms with Crippen LogP contribution in [0.2, 0.25) is 0 Å². The number of azo groups is 1. The number of methoxy groups -OCH3 is 1. The zero-order valence-electron chi connectivity index (χ0n) is 43.1. The molecule has 0 fully saturated rings. The molecule has 1 aromatic heterocycles. The summed E-state index contributed by atoms with van der Waals surface area (Å²) in [5.41, 5.74) is -3.59. The van der Waals surface area contributed by atoms with E-state index in [2.05, 4.69) is 43.9 Å². The summed E-state index contributed by atoms with van der Waals surface area (Å²) in [6.45, 7) is -0.565. The number of nitrogens with one attached hydrogen (secondary N) is 2. The van der Waals surface area contributed by atoms with Crippen molar-refractivity contribution in [2.45, 2.75) is 31.4 Å². The van der Waals surface area contributed by atoms with Crippen LogP contribution in [0.4, 0.5) is 40.3 Å². The molecule has 0 unspecified atom stereocenters. The maximum absolute atomic E-state index is 13.9. The predicted molar refractivity (Wildman–Crippen MR) is 252 cm³/mol. The van der Waals surface area contributed by atoms with Crippen molar-refractivity contribution in [1.82, 2.24) is 15.0 Å². The van der Waals surface area contributed by atoms with Crippen LogP contribution in [0.5, 0.6) is 11.5 Å². The molecule has 5 aromatic carbocycles. The van der Waals surface area contributed by atoms with Gasteiger partial charge in [-0.25, -0.2) is 59.7 Å².